The van der Waals surface area contributed by atoms with Crippen LogP contribution in [-0.2, 0) is 29.3 Å². The molecule has 160 valence electrons. The molecule has 1 N–H and O–H groups in total. The molecule has 1 atom stereocenters. The van der Waals surface area contributed by atoms with Crippen LogP contribution in [0, 0.1) is 0 Å². The Morgan fingerprint density at radius 1 is 0.867 bits per heavy atom. The number of rotatable bonds is 7. The van der Waals surface area contributed by atoms with Crippen molar-refractivity contribution in [1.82, 2.24) is 5.32 Å². The van der Waals surface area contributed by atoms with E-state index in [1.165, 1.54) is 7.11 Å². The second-order valence-corrected chi connectivity index (χ2v) is 8.20. The first-order valence-corrected chi connectivity index (χ1v) is 9.79. The Labute approximate surface area is 177 Å². The van der Waals surface area contributed by atoms with Crippen LogP contribution >= 0.6 is 0 Å². The predicted molar refractivity (Wildman–Crippen MR) is 114 cm³/mol. The first-order valence-electron chi connectivity index (χ1n) is 9.79. The van der Waals surface area contributed by atoms with E-state index >= 15 is 0 Å². The Hall–Kier alpha value is -3.15. The summed E-state index contributed by atoms with van der Waals surface area (Å²) < 4.78 is 10.1. The van der Waals surface area contributed by atoms with Gasteiger partial charge in [-0.1, -0.05) is 60.7 Å². The SMILES string of the molecule is COC(=O)[C@H](CC(=O)OC(C)(C)C)NC(=O)C(C)(c1ccccc1)c1ccccc1. The Morgan fingerprint density at radius 3 is 1.73 bits per heavy atom. The van der Waals surface area contributed by atoms with E-state index in [-0.39, 0.29) is 6.42 Å². The quantitative estimate of drug-likeness (QED) is 0.707. The highest BCUT2D eigenvalue weighted by Crippen LogP contribution is 2.32. The standard InChI is InChI=1S/C24H29NO5/c1-23(2,3)30-20(26)16-19(21(27)29-5)25-22(28)24(4,17-12-8-6-9-13-17)18-14-10-7-11-15-18/h6-15,19H,16H2,1-5H3,(H,25,28)/t19-/m0/s1. The maximum absolute atomic E-state index is 13.5. The lowest BCUT2D eigenvalue weighted by Crippen LogP contribution is -2.51. The van der Waals surface area contributed by atoms with E-state index in [9.17, 15) is 14.4 Å². The fourth-order valence-corrected chi connectivity index (χ4v) is 3.16. The Kier molecular flexibility index (Phi) is 7.38. The summed E-state index contributed by atoms with van der Waals surface area (Å²) in [5.74, 6) is -1.73. The third-order valence-corrected chi connectivity index (χ3v) is 4.74. The minimum Gasteiger partial charge on any atom is -0.467 e. The van der Waals surface area contributed by atoms with Crippen LogP contribution in [0.5, 0.6) is 0 Å². The molecule has 30 heavy (non-hydrogen) atoms. The molecule has 2 rings (SSSR count). The van der Waals surface area contributed by atoms with Crippen molar-refractivity contribution in [2.24, 2.45) is 0 Å². The second kappa shape index (κ2) is 9.57. The molecule has 0 heterocycles. The zero-order chi connectivity index (χ0) is 22.4. The van der Waals surface area contributed by atoms with E-state index < -0.39 is 34.9 Å². The number of hydrogen-bond acceptors (Lipinski definition) is 5. The Balaban J connectivity index is 2.36. The summed E-state index contributed by atoms with van der Waals surface area (Å²) >= 11 is 0. The van der Waals surface area contributed by atoms with Crippen LogP contribution in [0.1, 0.15) is 45.2 Å². The van der Waals surface area contributed by atoms with Gasteiger partial charge >= 0.3 is 11.9 Å². The van der Waals surface area contributed by atoms with Crippen LogP contribution in [-0.4, -0.2) is 36.6 Å². The van der Waals surface area contributed by atoms with Gasteiger partial charge in [-0.2, -0.15) is 0 Å². The van der Waals surface area contributed by atoms with Gasteiger partial charge in [-0.05, 0) is 38.8 Å². The zero-order valence-corrected chi connectivity index (χ0v) is 18.1. The largest absolute Gasteiger partial charge is 0.467 e. The molecule has 0 bridgehead atoms. The molecular weight excluding hydrogens is 382 g/mol. The summed E-state index contributed by atoms with van der Waals surface area (Å²) in [7, 11) is 1.21. The molecule has 0 aromatic heterocycles. The van der Waals surface area contributed by atoms with Crippen LogP contribution in [0.2, 0.25) is 0 Å². The lowest BCUT2D eigenvalue weighted by atomic mass is 9.75. The monoisotopic (exact) mass is 411 g/mol. The van der Waals surface area contributed by atoms with Gasteiger partial charge in [0.2, 0.25) is 5.91 Å². The number of esters is 2. The smallest absolute Gasteiger partial charge is 0.328 e. The molecule has 0 aliphatic rings. The minimum absolute atomic E-state index is 0.324. The zero-order valence-electron chi connectivity index (χ0n) is 18.1. The van der Waals surface area contributed by atoms with Crippen LogP contribution in [0.3, 0.4) is 0 Å². The van der Waals surface area contributed by atoms with Gasteiger partial charge in [0.1, 0.15) is 11.6 Å². The van der Waals surface area contributed by atoms with Gasteiger partial charge in [0.15, 0.2) is 0 Å². The van der Waals surface area contributed by atoms with Crippen molar-refractivity contribution in [2.45, 2.75) is 51.2 Å². The maximum atomic E-state index is 13.5. The Morgan fingerprint density at radius 2 is 1.33 bits per heavy atom. The van der Waals surface area contributed by atoms with E-state index in [0.717, 1.165) is 11.1 Å². The van der Waals surface area contributed by atoms with Crippen LogP contribution in [0.4, 0.5) is 0 Å². The number of carbonyl (C=O) groups is 3. The highest BCUT2D eigenvalue weighted by molar-refractivity contribution is 5.95. The van der Waals surface area contributed by atoms with Crippen molar-refractivity contribution in [3.8, 4) is 0 Å². The highest BCUT2D eigenvalue weighted by Gasteiger charge is 2.39. The van der Waals surface area contributed by atoms with Gasteiger partial charge in [-0.15, -0.1) is 0 Å². The molecule has 0 fully saturated rings. The van der Waals surface area contributed by atoms with Crippen molar-refractivity contribution >= 4 is 17.8 Å². The summed E-state index contributed by atoms with van der Waals surface area (Å²) in [4.78, 5) is 38.1. The third-order valence-electron chi connectivity index (χ3n) is 4.74. The molecule has 6 heteroatoms. The Bertz CT molecular complexity index is 832. The summed E-state index contributed by atoms with van der Waals surface area (Å²) in [6.07, 6.45) is -0.324. The van der Waals surface area contributed by atoms with E-state index in [4.69, 9.17) is 9.47 Å². The van der Waals surface area contributed by atoms with Crippen LogP contribution < -0.4 is 5.32 Å². The van der Waals surface area contributed by atoms with Gasteiger partial charge in [-0.3, -0.25) is 9.59 Å². The number of ether oxygens (including phenoxy) is 2. The third kappa shape index (κ3) is 5.69. The molecule has 6 nitrogen and oxygen atoms in total. The summed E-state index contributed by atoms with van der Waals surface area (Å²) in [5.41, 5.74) is -0.267. The molecular formula is C24H29NO5. The molecule has 0 saturated heterocycles. The molecule has 0 unspecified atom stereocenters. The van der Waals surface area contributed by atoms with Gasteiger partial charge < -0.3 is 14.8 Å². The summed E-state index contributed by atoms with van der Waals surface area (Å²) in [6, 6.07) is 17.4. The average molecular weight is 411 g/mol. The molecule has 0 aliphatic carbocycles. The van der Waals surface area contributed by atoms with E-state index in [0.29, 0.717) is 0 Å². The number of benzene rings is 2. The van der Waals surface area contributed by atoms with Crippen molar-refractivity contribution in [3.05, 3.63) is 71.8 Å². The van der Waals surface area contributed by atoms with Crippen molar-refractivity contribution < 1.29 is 23.9 Å². The van der Waals surface area contributed by atoms with E-state index in [1.54, 1.807) is 27.7 Å². The molecule has 0 saturated carbocycles. The van der Waals surface area contributed by atoms with Gasteiger partial charge in [0, 0.05) is 0 Å². The molecule has 0 radical (unpaired) electrons. The normalized spacial score (nSPS) is 12.6. The summed E-state index contributed by atoms with van der Waals surface area (Å²) in [5, 5.41) is 2.71. The first kappa shape index (κ1) is 23.1. The van der Waals surface area contributed by atoms with E-state index in [2.05, 4.69) is 5.32 Å². The van der Waals surface area contributed by atoms with Crippen molar-refractivity contribution in [2.75, 3.05) is 7.11 Å². The molecule has 2 aromatic carbocycles. The fourth-order valence-electron chi connectivity index (χ4n) is 3.16. The number of hydrogen-bond donors (Lipinski definition) is 1. The predicted octanol–water partition coefficient (Wildman–Crippen LogP) is 3.38. The van der Waals surface area contributed by atoms with Crippen LogP contribution in [0.25, 0.3) is 0 Å². The van der Waals surface area contributed by atoms with E-state index in [1.807, 2.05) is 60.7 Å². The molecule has 2 aromatic rings. The molecule has 0 spiro atoms. The fraction of sp³-hybridized carbons (Fsp3) is 0.375. The van der Waals surface area contributed by atoms with Gasteiger partial charge in [-0.25, -0.2) is 4.79 Å². The highest BCUT2D eigenvalue weighted by atomic mass is 16.6. The number of nitrogens with one attached hydrogen (secondary N) is 1. The lowest BCUT2D eigenvalue weighted by Gasteiger charge is -2.31. The summed E-state index contributed by atoms with van der Waals surface area (Å²) in [6.45, 7) is 6.99. The first-order chi connectivity index (χ1) is 14.1. The number of methoxy groups -OCH3 is 1. The number of amides is 1. The van der Waals surface area contributed by atoms with Crippen LogP contribution in [0.15, 0.2) is 60.7 Å². The minimum atomic E-state index is -1.16. The molecule has 0 aliphatic heterocycles. The van der Waals surface area contributed by atoms with Crippen molar-refractivity contribution in [3.63, 3.8) is 0 Å². The van der Waals surface area contributed by atoms with Crippen molar-refractivity contribution in [1.29, 1.82) is 0 Å². The topological polar surface area (TPSA) is 81.7 Å². The van der Waals surface area contributed by atoms with Gasteiger partial charge in [0.05, 0.1) is 18.9 Å². The average Bonchev–Trinajstić information content (AvgIpc) is 2.71. The van der Waals surface area contributed by atoms with Gasteiger partial charge in [0.25, 0.3) is 0 Å². The molecule has 1 amide bonds. The second-order valence-electron chi connectivity index (χ2n) is 8.20. The maximum Gasteiger partial charge on any atom is 0.328 e. The number of carbonyl (C=O) groups excluding carboxylic acids is 3. The lowest BCUT2D eigenvalue weighted by molar-refractivity contribution is -0.159.